The molecule has 1 aliphatic carbocycles. The first-order chi connectivity index (χ1) is 12.6. The third kappa shape index (κ3) is 3.37. The number of carbonyl (C=O) groups excluding carboxylic acids is 1. The number of rotatable bonds is 5. The second-order valence-corrected chi connectivity index (χ2v) is 7.80. The number of nitrogens with zero attached hydrogens (tertiary/aromatic N) is 2. The fraction of sp³-hybridized carbons (Fsp3) is 0.429. The van der Waals surface area contributed by atoms with Crippen LogP contribution in [0.5, 0.6) is 5.88 Å². The molecule has 1 saturated heterocycles. The summed E-state index contributed by atoms with van der Waals surface area (Å²) in [5.74, 6) is 0.787. The van der Waals surface area contributed by atoms with Crippen LogP contribution in [0.3, 0.4) is 0 Å². The minimum atomic E-state index is -0.639. The van der Waals surface area contributed by atoms with Crippen LogP contribution in [-0.4, -0.2) is 45.1 Å². The van der Waals surface area contributed by atoms with Crippen molar-refractivity contribution in [3.63, 3.8) is 0 Å². The monoisotopic (exact) mass is 352 g/mol. The van der Waals surface area contributed by atoms with Crippen molar-refractivity contribution in [2.75, 3.05) is 13.1 Å². The van der Waals surface area contributed by atoms with Crippen molar-refractivity contribution in [3.8, 4) is 5.88 Å². The summed E-state index contributed by atoms with van der Waals surface area (Å²) in [6, 6.07) is 13.1. The van der Waals surface area contributed by atoms with Crippen LogP contribution < -0.4 is 0 Å². The summed E-state index contributed by atoms with van der Waals surface area (Å²) < 4.78 is 0. The third-order valence-electron chi connectivity index (χ3n) is 5.90. The predicted octanol–water partition coefficient (Wildman–Crippen LogP) is 2.34. The van der Waals surface area contributed by atoms with Crippen molar-refractivity contribution >= 4 is 6.29 Å². The van der Waals surface area contributed by atoms with Crippen LogP contribution in [0.4, 0.5) is 0 Å². The maximum Gasteiger partial charge on any atom is 0.210 e. The minimum absolute atomic E-state index is 0.0392. The van der Waals surface area contributed by atoms with Crippen LogP contribution >= 0.6 is 0 Å². The van der Waals surface area contributed by atoms with Crippen LogP contribution in [0.2, 0.25) is 0 Å². The topological polar surface area (TPSA) is 73.7 Å². The molecule has 0 amide bonds. The van der Waals surface area contributed by atoms with Crippen molar-refractivity contribution < 1.29 is 15.0 Å². The summed E-state index contributed by atoms with van der Waals surface area (Å²) in [5.41, 5.74) is 1.34. The maximum atomic E-state index is 11.7. The molecule has 2 N–H and O–H groups in total. The van der Waals surface area contributed by atoms with Crippen molar-refractivity contribution in [1.82, 2.24) is 9.88 Å². The van der Waals surface area contributed by atoms with Gasteiger partial charge in [0.05, 0.1) is 11.6 Å². The Morgan fingerprint density at radius 1 is 1.15 bits per heavy atom. The van der Waals surface area contributed by atoms with E-state index in [-0.39, 0.29) is 11.9 Å². The van der Waals surface area contributed by atoms with E-state index in [4.69, 9.17) is 0 Å². The molecule has 2 aromatic rings. The normalized spacial score (nSPS) is 29.4. The van der Waals surface area contributed by atoms with E-state index in [1.54, 1.807) is 12.3 Å². The van der Waals surface area contributed by atoms with Gasteiger partial charge in [0.1, 0.15) is 6.29 Å². The lowest BCUT2D eigenvalue weighted by atomic mass is 9.91. The maximum absolute atomic E-state index is 11.7. The smallest absolute Gasteiger partial charge is 0.210 e. The Labute approximate surface area is 153 Å². The lowest BCUT2D eigenvalue weighted by Gasteiger charge is -2.28. The molecule has 1 aromatic carbocycles. The Morgan fingerprint density at radius 3 is 2.42 bits per heavy atom. The summed E-state index contributed by atoms with van der Waals surface area (Å²) in [7, 11) is 0. The number of hydrogen-bond donors (Lipinski definition) is 2. The van der Waals surface area contributed by atoms with E-state index in [1.807, 2.05) is 18.2 Å². The second kappa shape index (κ2) is 6.82. The van der Waals surface area contributed by atoms with Gasteiger partial charge in [0.15, 0.2) is 0 Å². The van der Waals surface area contributed by atoms with Gasteiger partial charge in [-0.1, -0.05) is 36.4 Å². The van der Waals surface area contributed by atoms with Crippen molar-refractivity contribution in [1.29, 1.82) is 0 Å². The van der Waals surface area contributed by atoms with Crippen molar-refractivity contribution in [2.24, 2.45) is 11.8 Å². The largest absolute Gasteiger partial charge is 0.493 e. The molecule has 2 fully saturated rings. The van der Waals surface area contributed by atoms with E-state index >= 15 is 0 Å². The third-order valence-corrected chi connectivity index (χ3v) is 5.90. The molecule has 136 valence electrons. The summed E-state index contributed by atoms with van der Waals surface area (Å²) >= 11 is 0. The number of carbonyl (C=O) groups is 1. The van der Waals surface area contributed by atoms with Gasteiger partial charge in [-0.3, -0.25) is 4.90 Å². The Kier molecular flexibility index (Phi) is 4.51. The quantitative estimate of drug-likeness (QED) is 0.808. The van der Waals surface area contributed by atoms with E-state index in [2.05, 4.69) is 22.0 Å². The Morgan fingerprint density at radius 2 is 1.85 bits per heavy atom. The molecule has 0 bridgehead atoms. The lowest BCUT2D eigenvalue weighted by molar-refractivity contribution is -0.112. The molecule has 0 radical (unpaired) electrons. The van der Waals surface area contributed by atoms with Gasteiger partial charge in [-0.15, -0.1) is 0 Å². The predicted molar refractivity (Wildman–Crippen MR) is 97.6 cm³/mol. The molecule has 1 unspecified atom stereocenters. The summed E-state index contributed by atoms with van der Waals surface area (Å²) in [6.45, 7) is 1.62. The number of aromatic nitrogens is 1. The van der Waals surface area contributed by atoms with Crippen LogP contribution in [-0.2, 0) is 11.2 Å². The summed E-state index contributed by atoms with van der Waals surface area (Å²) in [6.07, 6.45) is 4.77. The van der Waals surface area contributed by atoms with Gasteiger partial charge in [-0.2, -0.15) is 0 Å². The first kappa shape index (κ1) is 17.2. The fourth-order valence-corrected chi connectivity index (χ4v) is 4.79. The number of hydrogen-bond acceptors (Lipinski definition) is 5. The van der Waals surface area contributed by atoms with E-state index in [0.29, 0.717) is 18.3 Å². The molecule has 2 heterocycles. The zero-order valence-electron chi connectivity index (χ0n) is 14.7. The lowest BCUT2D eigenvalue weighted by Crippen LogP contribution is -2.34. The average molecular weight is 352 g/mol. The molecule has 5 nitrogen and oxygen atoms in total. The number of aromatic hydroxyl groups is 1. The minimum Gasteiger partial charge on any atom is -0.493 e. The SMILES string of the molecule is O=CC(c1ccc(O)nc1)N1C[C@@H]2C[C@](O)(Cc3ccccc3)C[C@@H]2C1. The second-order valence-electron chi connectivity index (χ2n) is 7.80. The Bertz CT molecular complexity index is 749. The number of pyridine rings is 1. The van der Waals surface area contributed by atoms with Crippen molar-refractivity contribution in [2.45, 2.75) is 30.9 Å². The van der Waals surface area contributed by atoms with Crippen LogP contribution in [0.15, 0.2) is 48.7 Å². The van der Waals surface area contributed by atoms with Gasteiger partial charge < -0.3 is 15.0 Å². The molecule has 4 atom stereocenters. The number of benzene rings is 1. The highest BCUT2D eigenvalue weighted by molar-refractivity contribution is 5.61. The van der Waals surface area contributed by atoms with Gasteiger partial charge in [-0.05, 0) is 35.8 Å². The number of aliphatic hydroxyl groups is 1. The molecule has 26 heavy (non-hydrogen) atoms. The molecule has 4 rings (SSSR count). The highest BCUT2D eigenvalue weighted by Gasteiger charge is 2.49. The fourth-order valence-electron chi connectivity index (χ4n) is 4.79. The van der Waals surface area contributed by atoms with Gasteiger partial charge in [0, 0.05) is 31.8 Å². The summed E-state index contributed by atoms with van der Waals surface area (Å²) in [4.78, 5) is 17.8. The molecule has 1 aliphatic heterocycles. The van der Waals surface area contributed by atoms with E-state index in [1.165, 1.54) is 11.6 Å². The zero-order chi connectivity index (χ0) is 18.1. The molecule has 0 spiro atoms. The summed E-state index contributed by atoms with van der Waals surface area (Å²) in [5, 5.41) is 20.4. The van der Waals surface area contributed by atoms with E-state index in [9.17, 15) is 15.0 Å². The molecule has 1 aromatic heterocycles. The number of fused-ring (bicyclic) bond motifs is 1. The number of aldehydes is 1. The molecular weight excluding hydrogens is 328 g/mol. The van der Waals surface area contributed by atoms with E-state index in [0.717, 1.165) is 37.8 Å². The number of likely N-dealkylation sites (tertiary alicyclic amines) is 1. The Balaban J connectivity index is 1.42. The van der Waals surface area contributed by atoms with Crippen molar-refractivity contribution in [3.05, 3.63) is 59.8 Å². The average Bonchev–Trinajstić information content (AvgIpc) is 3.12. The highest BCUT2D eigenvalue weighted by atomic mass is 16.3. The Hall–Kier alpha value is -2.24. The van der Waals surface area contributed by atoms with Crippen LogP contribution in [0.25, 0.3) is 0 Å². The van der Waals surface area contributed by atoms with Gasteiger partial charge in [-0.25, -0.2) is 4.98 Å². The molecular formula is C21H24N2O3. The molecule has 2 aliphatic rings. The standard InChI is InChI=1S/C21H24N2O3/c24-14-19(16-6-7-20(25)22-11-16)23-12-17-9-21(26,10-18(17)13-23)8-15-4-2-1-3-5-15/h1-7,11,14,17-19,26H,8-10,12-13H2,(H,22,25)/t17-,18+,19?,21+. The first-order valence-corrected chi connectivity index (χ1v) is 9.17. The van der Waals surface area contributed by atoms with E-state index < -0.39 is 5.60 Å². The van der Waals surface area contributed by atoms with Gasteiger partial charge in [0.25, 0.3) is 0 Å². The van der Waals surface area contributed by atoms with Crippen LogP contribution in [0.1, 0.15) is 30.0 Å². The molecule has 1 saturated carbocycles. The highest BCUT2D eigenvalue weighted by Crippen LogP contribution is 2.46. The first-order valence-electron chi connectivity index (χ1n) is 9.17. The zero-order valence-corrected chi connectivity index (χ0v) is 14.7. The van der Waals surface area contributed by atoms with Gasteiger partial charge in [0.2, 0.25) is 5.88 Å². The van der Waals surface area contributed by atoms with Crippen LogP contribution in [0, 0.1) is 11.8 Å². The molecule has 5 heteroatoms. The van der Waals surface area contributed by atoms with Gasteiger partial charge >= 0.3 is 0 Å².